The second-order valence-electron chi connectivity index (χ2n) is 6.06. The van der Waals surface area contributed by atoms with Gasteiger partial charge in [-0.15, -0.1) is 0 Å². The average Bonchev–Trinajstić information content (AvgIpc) is 3.07. The van der Waals surface area contributed by atoms with Crippen molar-refractivity contribution in [2.75, 3.05) is 19.0 Å². The van der Waals surface area contributed by atoms with Crippen molar-refractivity contribution < 1.29 is 14.3 Å². The molecule has 0 unspecified atom stereocenters. The number of pyridine rings is 1. The highest BCUT2D eigenvalue weighted by molar-refractivity contribution is 9.10. The van der Waals surface area contributed by atoms with E-state index in [9.17, 15) is 4.79 Å². The Balaban J connectivity index is 1.89. The Bertz CT molecular complexity index is 973. The topological polar surface area (TPSA) is 78.3 Å². The average molecular weight is 445 g/mol. The number of carbonyl (C=O) groups is 1. The first-order chi connectivity index (χ1) is 13.5. The summed E-state index contributed by atoms with van der Waals surface area (Å²) in [5.41, 5.74) is 1.20. The van der Waals surface area contributed by atoms with Gasteiger partial charge in [0.25, 0.3) is 5.91 Å². The van der Waals surface area contributed by atoms with Gasteiger partial charge in [-0.05, 0) is 53.5 Å². The Morgan fingerprint density at radius 2 is 2.11 bits per heavy atom. The van der Waals surface area contributed by atoms with Crippen molar-refractivity contribution >= 4 is 27.7 Å². The van der Waals surface area contributed by atoms with Gasteiger partial charge in [-0.25, -0.2) is 4.98 Å². The maximum absolute atomic E-state index is 12.9. The molecule has 0 saturated heterocycles. The summed E-state index contributed by atoms with van der Waals surface area (Å²) in [7, 11) is 1.54. The third kappa shape index (κ3) is 4.33. The maximum atomic E-state index is 12.9. The third-order valence-corrected chi connectivity index (χ3v) is 4.47. The highest BCUT2D eigenvalue weighted by Gasteiger charge is 2.18. The van der Waals surface area contributed by atoms with Crippen LogP contribution in [0.1, 0.15) is 29.4 Å². The number of anilines is 1. The van der Waals surface area contributed by atoms with Crippen molar-refractivity contribution in [3.63, 3.8) is 0 Å². The van der Waals surface area contributed by atoms with Crippen LogP contribution in [0.2, 0.25) is 0 Å². The fourth-order valence-corrected chi connectivity index (χ4v) is 3.18. The predicted molar refractivity (Wildman–Crippen MR) is 111 cm³/mol. The summed E-state index contributed by atoms with van der Waals surface area (Å²) in [6.45, 7) is 4.44. The van der Waals surface area contributed by atoms with Crippen LogP contribution in [-0.2, 0) is 0 Å². The fraction of sp³-hybridized carbons (Fsp3) is 0.250. The number of methoxy groups -OCH3 is 1. The Kier molecular flexibility index (Phi) is 6.30. The lowest BCUT2D eigenvalue weighted by Gasteiger charge is -2.14. The van der Waals surface area contributed by atoms with Crippen LogP contribution in [0.5, 0.6) is 11.5 Å². The second kappa shape index (κ2) is 8.88. The molecule has 1 aromatic carbocycles. The van der Waals surface area contributed by atoms with Gasteiger partial charge < -0.3 is 14.8 Å². The number of carbonyl (C=O) groups excluding carboxylic acids is 1. The van der Waals surface area contributed by atoms with Crippen LogP contribution in [0.3, 0.4) is 0 Å². The number of aryl methyl sites for hydroxylation is 1. The predicted octanol–water partition coefficient (Wildman–Crippen LogP) is 4.39. The van der Waals surface area contributed by atoms with E-state index < -0.39 is 0 Å². The van der Waals surface area contributed by atoms with Crippen LogP contribution in [0.15, 0.2) is 47.1 Å². The van der Waals surface area contributed by atoms with E-state index in [1.165, 1.54) is 0 Å². The van der Waals surface area contributed by atoms with Crippen LogP contribution in [0.4, 0.5) is 5.82 Å². The lowest BCUT2D eigenvalue weighted by molar-refractivity contribution is 0.102. The van der Waals surface area contributed by atoms with E-state index in [4.69, 9.17) is 9.47 Å². The fourth-order valence-electron chi connectivity index (χ4n) is 2.63. The summed E-state index contributed by atoms with van der Waals surface area (Å²) < 4.78 is 13.4. The standard InChI is InChI=1S/C20H21BrN4O3/c1-4-9-28-19-15(21)11-14(12-16(19)27-3)20(26)23-18-10-13(2)24-25(18)17-7-5-6-8-22-17/h5-8,10-12H,4,9H2,1-3H3,(H,23,26). The molecule has 0 aliphatic heterocycles. The number of halogens is 1. The summed E-state index contributed by atoms with van der Waals surface area (Å²) >= 11 is 3.47. The van der Waals surface area contributed by atoms with Gasteiger partial charge in [-0.2, -0.15) is 9.78 Å². The Hall–Kier alpha value is -2.87. The highest BCUT2D eigenvalue weighted by atomic mass is 79.9. The number of hydrogen-bond acceptors (Lipinski definition) is 5. The van der Waals surface area contributed by atoms with E-state index in [1.54, 1.807) is 36.2 Å². The first kappa shape index (κ1) is 19.9. The molecule has 3 rings (SSSR count). The minimum absolute atomic E-state index is 0.293. The zero-order valence-electron chi connectivity index (χ0n) is 15.9. The molecular weight excluding hydrogens is 424 g/mol. The number of benzene rings is 1. The van der Waals surface area contributed by atoms with Crippen molar-refractivity contribution in [3.05, 3.63) is 58.3 Å². The molecule has 0 atom stereocenters. The Morgan fingerprint density at radius 1 is 1.29 bits per heavy atom. The van der Waals surface area contributed by atoms with Crippen molar-refractivity contribution in [1.29, 1.82) is 0 Å². The van der Waals surface area contributed by atoms with Gasteiger partial charge in [-0.1, -0.05) is 13.0 Å². The summed E-state index contributed by atoms with van der Waals surface area (Å²) in [5.74, 6) is 1.92. The molecule has 7 nitrogen and oxygen atoms in total. The van der Waals surface area contributed by atoms with Gasteiger partial charge in [0.1, 0.15) is 5.82 Å². The molecule has 0 radical (unpaired) electrons. The number of nitrogens with zero attached hydrogens (tertiary/aromatic N) is 3. The summed E-state index contributed by atoms with van der Waals surface area (Å²) in [6, 6.07) is 10.7. The molecule has 0 aliphatic carbocycles. The molecule has 1 N–H and O–H groups in total. The van der Waals surface area contributed by atoms with E-state index in [2.05, 4.69) is 31.3 Å². The number of amides is 1. The van der Waals surface area contributed by atoms with Crippen LogP contribution in [-0.4, -0.2) is 34.4 Å². The van der Waals surface area contributed by atoms with E-state index in [1.807, 2.05) is 32.0 Å². The highest BCUT2D eigenvalue weighted by Crippen LogP contribution is 2.37. The first-order valence-electron chi connectivity index (χ1n) is 8.83. The van der Waals surface area contributed by atoms with Crippen LogP contribution >= 0.6 is 15.9 Å². The quantitative estimate of drug-likeness (QED) is 0.584. The minimum atomic E-state index is -0.293. The molecule has 28 heavy (non-hydrogen) atoms. The molecule has 0 bridgehead atoms. The molecule has 8 heteroatoms. The molecule has 2 heterocycles. The molecule has 146 valence electrons. The van der Waals surface area contributed by atoms with Crippen LogP contribution < -0.4 is 14.8 Å². The molecule has 3 aromatic rings. The van der Waals surface area contributed by atoms with Gasteiger partial charge in [-0.3, -0.25) is 4.79 Å². The van der Waals surface area contributed by atoms with Crippen molar-refractivity contribution in [2.24, 2.45) is 0 Å². The molecular formula is C20H21BrN4O3. The lowest BCUT2D eigenvalue weighted by atomic mass is 10.2. The zero-order valence-corrected chi connectivity index (χ0v) is 17.5. The molecule has 0 saturated carbocycles. The van der Waals surface area contributed by atoms with Gasteiger partial charge in [0, 0.05) is 17.8 Å². The van der Waals surface area contributed by atoms with Gasteiger partial charge in [0.15, 0.2) is 17.3 Å². The van der Waals surface area contributed by atoms with Crippen LogP contribution in [0, 0.1) is 6.92 Å². The summed E-state index contributed by atoms with van der Waals surface area (Å²) in [5, 5.41) is 7.30. The number of ether oxygens (including phenoxy) is 2. The first-order valence-corrected chi connectivity index (χ1v) is 9.62. The maximum Gasteiger partial charge on any atom is 0.256 e. The van der Waals surface area contributed by atoms with Gasteiger partial charge in [0.05, 0.1) is 23.9 Å². The smallest absolute Gasteiger partial charge is 0.256 e. The number of aromatic nitrogens is 3. The number of nitrogens with one attached hydrogen (secondary N) is 1. The van der Waals surface area contributed by atoms with E-state index in [-0.39, 0.29) is 5.91 Å². The normalized spacial score (nSPS) is 10.6. The summed E-state index contributed by atoms with van der Waals surface area (Å²) in [4.78, 5) is 17.2. The van der Waals surface area contributed by atoms with Crippen molar-refractivity contribution in [2.45, 2.75) is 20.3 Å². The summed E-state index contributed by atoms with van der Waals surface area (Å²) in [6.07, 6.45) is 2.55. The van der Waals surface area contributed by atoms with E-state index in [0.717, 1.165) is 12.1 Å². The van der Waals surface area contributed by atoms with Crippen LogP contribution in [0.25, 0.3) is 5.82 Å². The largest absolute Gasteiger partial charge is 0.493 e. The minimum Gasteiger partial charge on any atom is -0.493 e. The Labute approximate surface area is 171 Å². The SMILES string of the molecule is CCCOc1c(Br)cc(C(=O)Nc2cc(C)nn2-c2ccccn2)cc1OC. The zero-order chi connectivity index (χ0) is 20.1. The van der Waals surface area contributed by atoms with E-state index >= 15 is 0 Å². The van der Waals surface area contributed by atoms with Crippen molar-refractivity contribution in [1.82, 2.24) is 14.8 Å². The van der Waals surface area contributed by atoms with Gasteiger partial charge >= 0.3 is 0 Å². The monoisotopic (exact) mass is 444 g/mol. The number of rotatable bonds is 7. The number of hydrogen-bond donors (Lipinski definition) is 1. The molecule has 0 aliphatic rings. The molecule has 1 amide bonds. The van der Waals surface area contributed by atoms with Crippen molar-refractivity contribution in [3.8, 4) is 17.3 Å². The molecule has 2 aromatic heterocycles. The Morgan fingerprint density at radius 3 is 2.79 bits per heavy atom. The van der Waals surface area contributed by atoms with Gasteiger partial charge in [0.2, 0.25) is 0 Å². The van der Waals surface area contributed by atoms with E-state index in [0.29, 0.717) is 39.8 Å². The lowest BCUT2D eigenvalue weighted by Crippen LogP contribution is -2.16. The second-order valence-corrected chi connectivity index (χ2v) is 6.92. The molecule has 0 fully saturated rings. The third-order valence-electron chi connectivity index (χ3n) is 3.88. The molecule has 0 spiro atoms.